The molecule has 2 aromatic carbocycles. The molecule has 9 heteroatoms. The number of nitrogens with zero attached hydrogens (tertiary/aromatic N) is 2. The Morgan fingerprint density at radius 3 is 2.69 bits per heavy atom. The van der Waals surface area contributed by atoms with E-state index < -0.39 is 9.84 Å². The quantitative estimate of drug-likeness (QED) is 0.392. The number of aromatic nitrogens is 2. The van der Waals surface area contributed by atoms with Crippen molar-refractivity contribution in [1.29, 1.82) is 0 Å². The van der Waals surface area contributed by atoms with Gasteiger partial charge in [-0.05, 0) is 53.8 Å². The van der Waals surface area contributed by atoms with Gasteiger partial charge in [-0.1, -0.05) is 24.3 Å². The van der Waals surface area contributed by atoms with E-state index in [1.54, 1.807) is 17.2 Å². The Labute approximate surface area is 205 Å². The van der Waals surface area contributed by atoms with Crippen LogP contribution in [0.2, 0.25) is 0 Å². The van der Waals surface area contributed by atoms with Gasteiger partial charge < -0.3 is 14.3 Å². The molecule has 7 nitrogen and oxygen atoms in total. The van der Waals surface area contributed by atoms with Crippen LogP contribution in [-0.2, 0) is 22.1 Å². The van der Waals surface area contributed by atoms with Crippen LogP contribution >= 0.6 is 11.3 Å². The van der Waals surface area contributed by atoms with E-state index in [9.17, 15) is 18.0 Å². The molecule has 1 N–H and O–H groups in total. The maximum atomic E-state index is 13.9. The molecular formula is C26H21N3O4S2. The Morgan fingerprint density at radius 2 is 1.91 bits per heavy atom. The maximum absolute atomic E-state index is 13.9. The van der Waals surface area contributed by atoms with Crippen molar-refractivity contribution in [2.45, 2.75) is 19.2 Å². The number of aryl methyl sites for hydroxylation is 1. The maximum Gasteiger partial charge on any atom is 0.272 e. The highest BCUT2D eigenvalue weighted by molar-refractivity contribution is 7.89. The molecule has 1 aliphatic heterocycles. The molecule has 1 amide bonds. The largest absolute Gasteiger partial charge is 0.325 e. The van der Waals surface area contributed by atoms with Crippen molar-refractivity contribution in [3.05, 3.63) is 92.8 Å². The fourth-order valence-electron chi connectivity index (χ4n) is 4.87. The van der Waals surface area contributed by atoms with Crippen LogP contribution < -0.4 is 10.5 Å². The lowest BCUT2D eigenvalue weighted by molar-refractivity contribution is 0.0989. The number of hydrogen-bond donors (Lipinski definition) is 1. The molecule has 0 atom stereocenters. The summed E-state index contributed by atoms with van der Waals surface area (Å²) in [6, 6.07) is 17.1. The van der Waals surface area contributed by atoms with Crippen LogP contribution in [-0.4, -0.2) is 30.0 Å². The zero-order chi connectivity index (χ0) is 24.5. The number of benzene rings is 2. The van der Waals surface area contributed by atoms with Gasteiger partial charge >= 0.3 is 0 Å². The highest BCUT2D eigenvalue weighted by Crippen LogP contribution is 2.39. The average Bonchev–Trinajstić information content (AvgIpc) is 3.36. The Bertz CT molecular complexity index is 1810. The van der Waals surface area contributed by atoms with Crippen LogP contribution in [0, 0.1) is 6.92 Å². The number of thiophene rings is 1. The molecule has 6 rings (SSSR count). The van der Waals surface area contributed by atoms with Gasteiger partial charge in [0.15, 0.2) is 9.84 Å². The van der Waals surface area contributed by atoms with Crippen LogP contribution in [0.25, 0.3) is 26.9 Å². The Morgan fingerprint density at radius 1 is 1.11 bits per heavy atom. The summed E-state index contributed by atoms with van der Waals surface area (Å²) in [5.41, 5.74) is 4.66. The van der Waals surface area contributed by atoms with Gasteiger partial charge in [-0.15, -0.1) is 11.3 Å². The lowest BCUT2D eigenvalue weighted by atomic mass is 10.0. The number of fused-ring (bicyclic) bond motifs is 3. The second kappa shape index (κ2) is 7.66. The molecule has 0 aliphatic carbocycles. The number of amides is 1. The minimum Gasteiger partial charge on any atom is -0.325 e. The number of sulfone groups is 1. The van der Waals surface area contributed by atoms with Crippen LogP contribution in [0.1, 0.15) is 26.5 Å². The van der Waals surface area contributed by atoms with Gasteiger partial charge in [-0.25, -0.2) is 8.42 Å². The molecule has 3 aromatic heterocycles. The van der Waals surface area contributed by atoms with E-state index in [-0.39, 0.29) is 23.8 Å². The third kappa shape index (κ3) is 3.59. The summed E-state index contributed by atoms with van der Waals surface area (Å²) in [4.78, 5) is 31.7. The lowest BCUT2D eigenvalue weighted by Crippen LogP contribution is -2.30. The number of hydrogen-bond acceptors (Lipinski definition) is 5. The van der Waals surface area contributed by atoms with Gasteiger partial charge in [-0.3, -0.25) is 9.59 Å². The van der Waals surface area contributed by atoms with Crippen LogP contribution in [0.5, 0.6) is 0 Å². The summed E-state index contributed by atoms with van der Waals surface area (Å²) in [6.07, 6.45) is 2.84. The molecule has 35 heavy (non-hydrogen) atoms. The van der Waals surface area contributed by atoms with Crippen LogP contribution in [0.4, 0.5) is 5.69 Å². The summed E-state index contributed by atoms with van der Waals surface area (Å²) in [5.74, 6) is -0.259. The summed E-state index contributed by atoms with van der Waals surface area (Å²) >= 11 is 1.44. The first-order valence-electron chi connectivity index (χ1n) is 11.0. The van der Waals surface area contributed by atoms with Crippen molar-refractivity contribution < 1.29 is 13.2 Å². The zero-order valence-corrected chi connectivity index (χ0v) is 20.7. The minimum absolute atomic E-state index is 0.111. The van der Waals surface area contributed by atoms with Gasteiger partial charge in [0, 0.05) is 22.7 Å². The summed E-state index contributed by atoms with van der Waals surface area (Å²) in [7, 11) is -3.26. The average molecular weight is 504 g/mol. The number of carbonyl (C=O) groups excluding carboxylic acids is 1. The fourth-order valence-corrected chi connectivity index (χ4v) is 6.67. The predicted octanol–water partition coefficient (Wildman–Crippen LogP) is 4.52. The third-order valence-electron chi connectivity index (χ3n) is 6.32. The summed E-state index contributed by atoms with van der Waals surface area (Å²) in [6.45, 7) is 2.12. The standard InChI is InChI=1S/C26H21N3O4S2/c1-15-9-21-19-10-16(14-35(2,32)33)7-8-20(19)28(13-18-12-27-25(30)24(15)29(18)21)26(31)23-11-17-5-3-4-6-22(17)34-23/h3-12H,13-14H2,1-2H3,(H,27,30). The number of aromatic amines is 1. The molecule has 176 valence electrons. The van der Waals surface area contributed by atoms with Gasteiger partial charge in [0.25, 0.3) is 11.5 Å². The van der Waals surface area contributed by atoms with Crippen LogP contribution in [0.15, 0.2) is 65.6 Å². The molecule has 4 heterocycles. The van der Waals surface area contributed by atoms with Gasteiger partial charge in [0.05, 0.1) is 34.2 Å². The van der Waals surface area contributed by atoms with Crippen molar-refractivity contribution in [1.82, 2.24) is 9.38 Å². The Kier molecular flexibility index (Phi) is 4.77. The van der Waals surface area contributed by atoms with E-state index in [0.29, 0.717) is 27.2 Å². The Balaban J connectivity index is 1.59. The first-order valence-corrected chi connectivity index (χ1v) is 13.9. The molecule has 0 saturated carbocycles. The van der Waals surface area contributed by atoms with Crippen molar-refractivity contribution in [2.24, 2.45) is 0 Å². The first kappa shape index (κ1) is 21.8. The van der Waals surface area contributed by atoms with Crippen molar-refractivity contribution in [3.8, 4) is 11.3 Å². The van der Waals surface area contributed by atoms with E-state index in [1.807, 2.05) is 59.9 Å². The van der Waals surface area contributed by atoms with Gasteiger partial charge in [0.2, 0.25) is 0 Å². The predicted molar refractivity (Wildman–Crippen MR) is 139 cm³/mol. The monoisotopic (exact) mass is 503 g/mol. The molecular weight excluding hydrogens is 482 g/mol. The van der Waals surface area contributed by atoms with E-state index in [4.69, 9.17) is 0 Å². The van der Waals surface area contributed by atoms with E-state index in [2.05, 4.69) is 4.98 Å². The number of rotatable bonds is 3. The SMILES string of the molecule is Cc1cc2n3c(c[nH]c(=O)c13)CN(C(=O)c1cc3ccccc3s1)c1ccc(CS(C)(=O)=O)cc1-2. The fraction of sp³-hybridized carbons (Fsp3) is 0.154. The normalized spacial score (nSPS) is 13.3. The number of nitrogens with one attached hydrogen (secondary N) is 1. The molecule has 0 fully saturated rings. The number of carbonyl (C=O) groups is 1. The van der Waals surface area contributed by atoms with Gasteiger partial charge in [0.1, 0.15) is 5.52 Å². The van der Waals surface area contributed by atoms with Crippen molar-refractivity contribution in [2.75, 3.05) is 11.2 Å². The molecule has 0 unspecified atom stereocenters. The minimum atomic E-state index is -3.26. The van der Waals surface area contributed by atoms with Crippen molar-refractivity contribution in [3.63, 3.8) is 0 Å². The van der Waals surface area contributed by atoms with Crippen molar-refractivity contribution >= 4 is 48.4 Å². The number of anilines is 1. The zero-order valence-electron chi connectivity index (χ0n) is 19.0. The molecule has 0 bridgehead atoms. The first-order chi connectivity index (χ1) is 16.7. The second-order valence-corrected chi connectivity index (χ2v) is 12.2. The summed E-state index contributed by atoms with van der Waals surface area (Å²) < 4.78 is 26.9. The van der Waals surface area contributed by atoms with Crippen LogP contribution in [0.3, 0.4) is 0 Å². The topological polar surface area (TPSA) is 91.7 Å². The smallest absolute Gasteiger partial charge is 0.272 e. The number of H-pyrrole nitrogens is 1. The van der Waals surface area contributed by atoms with E-state index in [0.717, 1.165) is 27.0 Å². The highest BCUT2D eigenvalue weighted by Gasteiger charge is 2.29. The van der Waals surface area contributed by atoms with E-state index >= 15 is 0 Å². The Hall–Kier alpha value is -3.69. The van der Waals surface area contributed by atoms with Gasteiger partial charge in [-0.2, -0.15) is 0 Å². The van der Waals surface area contributed by atoms with E-state index in [1.165, 1.54) is 17.6 Å². The molecule has 0 saturated heterocycles. The lowest BCUT2D eigenvalue weighted by Gasteiger charge is -2.23. The molecule has 0 spiro atoms. The molecule has 0 radical (unpaired) electrons. The second-order valence-electron chi connectivity index (χ2n) is 8.97. The third-order valence-corrected chi connectivity index (χ3v) is 8.28. The summed E-state index contributed by atoms with van der Waals surface area (Å²) in [5, 5.41) is 1.01. The molecule has 1 aliphatic rings. The molecule has 5 aromatic rings. The highest BCUT2D eigenvalue weighted by atomic mass is 32.2.